The first-order valence-electron chi connectivity index (χ1n) is 6.09. The topological polar surface area (TPSA) is 64.4 Å². The lowest BCUT2D eigenvalue weighted by Gasteiger charge is -2.37. The Labute approximate surface area is 97.9 Å². The molecule has 1 saturated heterocycles. The number of carbonyl (C=O) groups excluding carboxylic acids is 1. The van der Waals surface area contributed by atoms with Crippen molar-refractivity contribution in [3.05, 3.63) is 0 Å². The molecule has 1 unspecified atom stereocenters. The zero-order chi connectivity index (χ0) is 12.2. The lowest BCUT2D eigenvalue weighted by atomic mass is 9.89. The maximum atomic E-state index is 12.1. The summed E-state index contributed by atoms with van der Waals surface area (Å²) in [6, 6.07) is 0. The van der Waals surface area contributed by atoms with Gasteiger partial charge in [0.1, 0.15) is 0 Å². The second-order valence-corrected chi connectivity index (χ2v) is 5.29. The molecule has 0 aromatic rings. The molecule has 4 heteroatoms. The van der Waals surface area contributed by atoms with Gasteiger partial charge in [0.25, 0.3) is 0 Å². The third kappa shape index (κ3) is 3.46. The zero-order valence-corrected chi connectivity index (χ0v) is 10.6. The molecule has 1 heterocycles. The molecule has 0 saturated carbocycles. The van der Waals surface area contributed by atoms with E-state index in [1.54, 1.807) is 6.92 Å². The Morgan fingerprint density at radius 2 is 2.06 bits per heavy atom. The van der Waals surface area contributed by atoms with Crippen molar-refractivity contribution in [2.45, 2.75) is 57.5 Å². The molecule has 1 aliphatic heterocycles. The fourth-order valence-electron chi connectivity index (χ4n) is 2.00. The molecule has 16 heavy (non-hydrogen) atoms. The smallest absolute Gasteiger partial charge is 0.240 e. The molecule has 4 nitrogen and oxygen atoms in total. The highest BCUT2D eigenvalue weighted by atomic mass is 16.5. The van der Waals surface area contributed by atoms with Gasteiger partial charge in [0.15, 0.2) is 0 Å². The Morgan fingerprint density at radius 1 is 1.50 bits per heavy atom. The van der Waals surface area contributed by atoms with Crippen LogP contribution >= 0.6 is 0 Å². The van der Waals surface area contributed by atoms with Crippen LogP contribution in [-0.4, -0.2) is 30.2 Å². The van der Waals surface area contributed by atoms with Gasteiger partial charge in [-0.3, -0.25) is 4.79 Å². The van der Waals surface area contributed by atoms with E-state index >= 15 is 0 Å². The van der Waals surface area contributed by atoms with E-state index < -0.39 is 5.54 Å². The van der Waals surface area contributed by atoms with E-state index in [4.69, 9.17) is 10.5 Å². The van der Waals surface area contributed by atoms with Crippen molar-refractivity contribution in [3.8, 4) is 0 Å². The van der Waals surface area contributed by atoms with Crippen LogP contribution in [0.3, 0.4) is 0 Å². The van der Waals surface area contributed by atoms with Crippen LogP contribution in [0.25, 0.3) is 0 Å². The van der Waals surface area contributed by atoms with E-state index in [1.807, 2.05) is 6.92 Å². The van der Waals surface area contributed by atoms with Crippen LogP contribution in [0.1, 0.15) is 46.5 Å². The number of amides is 1. The summed E-state index contributed by atoms with van der Waals surface area (Å²) < 4.78 is 5.30. The highest BCUT2D eigenvalue weighted by Gasteiger charge is 2.35. The van der Waals surface area contributed by atoms with E-state index in [2.05, 4.69) is 12.2 Å². The van der Waals surface area contributed by atoms with Gasteiger partial charge >= 0.3 is 0 Å². The summed E-state index contributed by atoms with van der Waals surface area (Å²) in [5.74, 6) is -0.0428. The number of hydrogen-bond acceptors (Lipinski definition) is 3. The van der Waals surface area contributed by atoms with Crippen LogP contribution in [0.5, 0.6) is 0 Å². The predicted octanol–water partition coefficient (Wildman–Crippen LogP) is 1.19. The first kappa shape index (κ1) is 13.5. The van der Waals surface area contributed by atoms with Crippen LogP contribution in [0.4, 0.5) is 0 Å². The average molecular weight is 228 g/mol. The lowest BCUT2D eigenvalue weighted by Crippen LogP contribution is -2.59. The largest absolute Gasteiger partial charge is 0.381 e. The number of nitrogens with one attached hydrogen (secondary N) is 1. The number of ether oxygens (including phenoxy) is 1. The van der Waals surface area contributed by atoms with Crippen LogP contribution in [0.2, 0.25) is 0 Å². The fraction of sp³-hybridized carbons (Fsp3) is 0.917. The summed E-state index contributed by atoms with van der Waals surface area (Å²) in [6.07, 6.45) is 3.35. The van der Waals surface area contributed by atoms with Gasteiger partial charge in [-0.1, -0.05) is 13.3 Å². The highest BCUT2D eigenvalue weighted by Crippen LogP contribution is 2.21. The molecule has 1 rings (SSSR count). The molecule has 1 aliphatic rings. The Bertz CT molecular complexity index is 245. The summed E-state index contributed by atoms with van der Waals surface area (Å²) >= 11 is 0. The summed E-state index contributed by atoms with van der Waals surface area (Å²) in [6.45, 7) is 7.33. The van der Waals surface area contributed by atoms with Crippen molar-refractivity contribution in [1.82, 2.24) is 5.32 Å². The minimum Gasteiger partial charge on any atom is -0.381 e. The van der Waals surface area contributed by atoms with E-state index in [0.717, 1.165) is 19.3 Å². The van der Waals surface area contributed by atoms with Gasteiger partial charge in [-0.25, -0.2) is 0 Å². The normalized spacial score (nSPS) is 23.5. The van der Waals surface area contributed by atoms with Gasteiger partial charge < -0.3 is 15.8 Å². The molecule has 1 fully saturated rings. The molecule has 3 N–H and O–H groups in total. The average Bonchev–Trinajstić information content (AvgIpc) is 2.17. The predicted molar refractivity (Wildman–Crippen MR) is 64.1 cm³/mol. The molecule has 1 atom stereocenters. The zero-order valence-electron chi connectivity index (χ0n) is 10.6. The number of carbonyl (C=O) groups is 1. The van der Waals surface area contributed by atoms with Crippen molar-refractivity contribution in [2.24, 2.45) is 5.73 Å². The number of nitrogens with two attached hydrogens (primary N) is 1. The molecular weight excluding hydrogens is 204 g/mol. The first-order chi connectivity index (χ1) is 7.40. The van der Waals surface area contributed by atoms with Crippen LogP contribution in [-0.2, 0) is 9.53 Å². The summed E-state index contributed by atoms with van der Waals surface area (Å²) in [5.41, 5.74) is 5.10. The first-order valence-corrected chi connectivity index (χ1v) is 6.09. The highest BCUT2D eigenvalue weighted by molar-refractivity contribution is 5.86. The number of hydrogen-bond donors (Lipinski definition) is 2. The van der Waals surface area contributed by atoms with Crippen LogP contribution in [0, 0.1) is 0 Å². The SMILES string of the molecule is CCCC(C)(N)C(=O)NC1(C)CCOCC1. The quantitative estimate of drug-likeness (QED) is 0.759. The van der Waals surface area contributed by atoms with Crippen LogP contribution < -0.4 is 11.1 Å². The van der Waals surface area contributed by atoms with Crippen molar-refractivity contribution in [1.29, 1.82) is 0 Å². The van der Waals surface area contributed by atoms with Gasteiger partial charge in [0.2, 0.25) is 5.91 Å². The van der Waals surface area contributed by atoms with E-state index in [-0.39, 0.29) is 11.4 Å². The molecule has 94 valence electrons. The monoisotopic (exact) mass is 228 g/mol. The van der Waals surface area contributed by atoms with Crippen molar-refractivity contribution < 1.29 is 9.53 Å². The van der Waals surface area contributed by atoms with Crippen molar-refractivity contribution >= 4 is 5.91 Å². The minimum absolute atomic E-state index is 0.0428. The van der Waals surface area contributed by atoms with E-state index in [0.29, 0.717) is 19.6 Å². The number of rotatable bonds is 4. The van der Waals surface area contributed by atoms with Gasteiger partial charge in [0, 0.05) is 18.8 Å². The molecule has 0 radical (unpaired) electrons. The Morgan fingerprint density at radius 3 is 2.56 bits per heavy atom. The Kier molecular flexibility index (Phi) is 4.33. The fourth-order valence-corrected chi connectivity index (χ4v) is 2.00. The van der Waals surface area contributed by atoms with Gasteiger partial charge in [-0.2, -0.15) is 0 Å². The van der Waals surface area contributed by atoms with Crippen molar-refractivity contribution in [3.63, 3.8) is 0 Å². The van der Waals surface area contributed by atoms with Gasteiger partial charge in [-0.05, 0) is 33.1 Å². The lowest BCUT2D eigenvalue weighted by molar-refractivity contribution is -0.129. The molecule has 0 aliphatic carbocycles. The van der Waals surface area contributed by atoms with E-state index in [1.165, 1.54) is 0 Å². The molecular formula is C12H24N2O2. The maximum absolute atomic E-state index is 12.1. The second kappa shape index (κ2) is 5.15. The Balaban J connectivity index is 2.55. The molecule has 0 bridgehead atoms. The van der Waals surface area contributed by atoms with Gasteiger partial charge in [-0.15, -0.1) is 0 Å². The van der Waals surface area contributed by atoms with Crippen LogP contribution in [0.15, 0.2) is 0 Å². The van der Waals surface area contributed by atoms with E-state index in [9.17, 15) is 4.79 Å². The molecule has 0 aromatic heterocycles. The molecule has 0 aromatic carbocycles. The maximum Gasteiger partial charge on any atom is 0.240 e. The Hall–Kier alpha value is -0.610. The summed E-state index contributed by atoms with van der Waals surface area (Å²) in [4.78, 5) is 12.1. The minimum atomic E-state index is -0.754. The standard InChI is InChI=1S/C12H24N2O2/c1-4-5-12(3,13)10(15)14-11(2)6-8-16-9-7-11/h4-9,13H2,1-3H3,(H,14,15). The molecule has 1 amide bonds. The summed E-state index contributed by atoms with van der Waals surface area (Å²) in [7, 11) is 0. The molecule has 0 spiro atoms. The van der Waals surface area contributed by atoms with Gasteiger partial charge in [0.05, 0.1) is 5.54 Å². The third-order valence-electron chi connectivity index (χ3n) is 3.30. The summed E-state index contributed by atoms with van der Waals surface area (Å²) in [5, 5.41) is 3.08. The second-order valence-electron chi connectivity index (χ2n) is 5.29. The third-order valence-corrected chi connectivity index (χ3v) is 3.30. The van der Waals surface area contributed by atoms with Crippen molar-refractivity contribution in [2.75, 3.05) is 13.2 Å².